The second-order valence-corrected chi connectivity index (χ2v) is 9.14. The summed E-state index contributed by atoms with van der Waals surface area (Å²) in [5, 5.41) is 6.35. The van der Waals surface area contributed by atoms with Crippen LogP contribution in [0, 0.1) is 0 Å². The van der Waals surface area contributed by atoms with E-state index in [-0.39, 0.29) is 11.9 Å². The first-order valence-corrected chi connectivity index (χ1v) is 11.1. The summed E-state index contributed by atoms with van der Waals surface area (Å²) in [7, 11) is 0. The van der Waals surface area contributed by atoms with Gasteiger partial charge in [-0.3, -0.25) is 4.79 Å². The molecule has 3 nitrogen and oxygen atoms in total. The number of halogens is 3. The molecule has 0 saturated carbocycles. The van der Waals surface area contributed by atoms with Gasteiger partial charge in [0.1, 0.15) is 0 Å². The Labute approximate surface area is 188 Å². The Balaban J connectivity index is 1.75. The van der Waals surface area contributed by atoms with E-state index in [1.165, 1.54) is 0 Å². The van der Waals surface area contributed by atoms with E-state index < -0.39 is 0 Å². The van der Waals surface area contributed by atoms with Crippen molar-refractivity contribution in [2.45, 2.75) is 12.5 Å². The summed E-state index contributed by atoms with van der Waals surface area (Å²) in [6.45, 7) is 0. The molecule has 0 aromatic heterocycles. The van der Waals surface area contributed by atoms with E-state index in [0.29, 0.717) is 12.0 Å². The zero-order valence-corrected chi connectivity index (χ0v) is 19.4. The Morgan fingerprint density at radius 3 is 2.11 bits per heavy atom. The van der Waals surface area contributed by atoms with Crippen molar-refractivity contribution in [2.24, 2.45) is 5.10 Å². The highest BCUT2D eigenvalue weighted by Crippen LogP contribution is 2.35. The lowest BCUT2D eigenvalue weighted by molar-refractivity contribution is 0.0710. The number of hydrazone groups is 1. The number of carbonyl (C=O) groups excluding carboxylic acids is 1. The quantitative estimate of drug-likeness (QED) is 0.339. The number of amides is 1. The fourth-order valence-electron chi connectivity index (χ4n) is 3.22. The van der Waals surface area contributed by atoms with E-state index >= 15 is 0 Å². The molecule has 0 spiro atoms. The van der Waals surface area contributed by atoms with Gasteiger partial charge >= 0.3 is 0 Å². The molecule has 1 aliphatic rings. The second-order valence-electron chi connectivity index (χ2n) is 6.45. The molecule has 3 aromatic carbocycles. The highest BCUT2D eigenvalue weighted by molar-refractivity contribution is 9.11. The van der Waals surface area contributed by atoms with Gasteiger partial charge in [-0.2, -0.15) is 5.10 Å². The minimum absolute atomic E-state index is 0.118. The van der Waals surface area contributed by atoms with Gasteiger partial charge in [-0.1, -0.05) is 68.3 Å². The van der Waals surface area contributed by atoms with Gasteiger partial charge in [0.05, 0.1) is 17.3 Å². The van der Waals surface area contributed by atoms with E-state index in [4.69, 9.17) is 5.10 Å². The maximum atomic E-state index is 13.3. The average Bonchev–Trinajstić information content (AvgIpc) is 3.14. The minimum atomic E-state index is -0.147. The molecule has 1 unspecified atom stereocenters. The van der Waals surface area contributed by atoms with Gasteiger partial charge in [-0.15, -0.1) is 0 Å². The van der Waals surface area contributed by atoms with Crippen LogP contribution in [0.15, 0.2) is 91.3 Å². The second kappa shape index (κ2) is 8.31. The molecule has 0 saturated heterocycles. The number of benzene rings is 3. The van der Waals surface area contributed by atoms with E-state index in [0.717, 1.165) is 30.3 Å². The molecule has 0 fully saturated rings. The molecule has 1 amide bonds. The molecule has 140 valence electrons. The maximum absolute atomic E-state index is 13.3. The van der Waals surface area contributed by atoms with Crippen LogP contribution in [0.25, 0.3) is 0 Å². The lowest BCUT2D eigenvalue weighted by Gasteiger charge is -2.22. The summed E-state index contributed by atoms with van der Waals surface area (Å²) in [6, 6.07) is 23.4. The van der Waals surface area contributed by atoms with Crippen molar-refractivity contribution < 1.29 is 4.79 Å². The highest BCUT2D eigenvalue weighted by Gasteiger charge is 2.34. The van der Waals surface area contributed by atoms with Crippen LogP contribution < -0.4 is 0 Å². The third-order valence-electron chi connectivity index (χ3n) is 4.65. The Hall–Kier alpha value is -1.76. The zero-order chi connectivity index (χ0) is 19.7. The molecule has 0 N–H and O–H groups in total. The smallest absolute Gasteiger partial charge is 0.267 e. The number of carbonyl (C=O) groups is 1. The van der Waals surface area contributed by atoms with Crippen molar-refractivity contribution in [3.8, 4) is 0 Å². The molecule has 1 aliphatic heterocycles. The van der Waals surface area contributed by atoms with Crippen LogP contribution in [0.1, 0.15) is 33.9 Å². The summed E-state index contributed by atoms with van der Waals surface area (Å²) in [5.74, 6) is -0.118. The Kier molecular flexibility index (Phi) is 5.80. The fourth-order valence-corrected chi connectivity index (χ4v) is 4.20. The summed E-state index contributed by atoms with van der Waals surface area (Å²) in [6.07, 6.45) is 0.666. The first-order chi connectivity index (χ1) is 13.5. The van der Waals surface area contributed by atoms with Crippen molar-refractivity contribution in [1.82, 2.24) is 5.01 Å². The van der Waals surface area contributed by atoms with Gasteiger partial charge in [0, 0.05) is 19.8 Å². The fraction of sp³-hybridized carbons (Fsp3) is 0.0909. The largest absolute Gasteiger partial charge is 0.275 e. The van der Waals surface area contributed by atoms with E-state index in [2.05, 4.69) is 47.8 Å². The zero-order valence-electron chi connectivity index (χ0n) is 14.6. The molecule has 6 heteroatoms. The molecule has 1 heterocycles. The third kappa shape index (κ3) is 4.00. The topological polar surface area (TPSA) is 32.7 Å². The van der Waals surface area contributed by atoms with Crippen LogP contribution in [0.3, 0.4) is 0 Å². The number of nitrogens with zero attached hydrogens (tertiary/aromatic N) is 2. The summed E-state index contributed by atoms with van der Waals surface area (Å²) >= 11 is 10.4. The number of rotatable bonds is 3. The summed E-state index contributed by atoms with van der Waals surface area (Å²) < 4.78 is 2.79. The predicted octanol–water partition coefficient (Wildman–Crippen LogP) is 6.97. The number of hydrogen-bond acceptors (Lipinski definition) is 2. The molecule has 0 radical (unpaired) electrons. The van der Waals surface area contributed by atoms with Crippen molar-refractivity contribution in [1.29, 1.82) is 0 Å². The SMILES string of the molecule is O=C(c1ccccc1Br)N1N=C(c2ccc(Br)cc2)CC1c1ccc(Br)cc1. The molecular formula is C22H15Br3N2O. The third-order valence-corrected chi connectivity index (χ3v) is 6.40. The van der Waals surface area contributed by atoms with Crippen LogP contribution in [0.4, 0.5) is 0 Å². The lowest BCUT2D eigenvalue weighted by Crippen LogP contribution is -2.27. The normalized spacial score (nSPS) is 16.2. The molecule has 28 heavy (non-hydrogen) atoms. The van der Waals surface area contributed by atoms with E-state index in [1.54, 1.807) is 5.01 Å². The van der Waals surface area contributed by atoms with Gasteiger partial charge in [-0.25, -0.2) is 5.01 Å². The maximum Gasteiger partial charge on any atom is 0.275 e. The first kappa shape index (κ1) is 19.6. The van der Waals surface area contributed by atoms with Crippen LogP contribution in [-0.2, 0) is 0 Å². The standard InChI is InChI=1S/C22H15Br3N2O/c23-16-9-5-14(6-10-16)20-13-21(15-7-11-17(24)12-8-15)27(26-20)22(28)18-3-1-2-4-19(18)25/h1-12,21H,13H2. The number of hydrogen-bond donors (Lipinski definition) is 0. The lowest BCUT2D eigenvalue weighted by atomic mass is 9.98. The molecular weight excluding hydrogens is 548 g/mol. The van der Waals surface area contributed by atoms with E-state index in [1.807, 2.05) is 72.8 Å². The van der Waals surface area contributed by atoms with Crippen molar-refractivity contribution in [3.63, 3.8) is 0 Å². The van der Waals surface area contributed by atoms with Crippen molar-refractivity contribution >= 4 is 59.4 Å². The summed E-state index contributed by atoms with van der Waals surface area (Å²) in [5.41, 5.74) is 3.58. The van der Waals surface area contributed by atoms with Crippen LogP contribution in [-0.4, -0.2) is 16.6 Å². The van der Waals surface area contributed by atoms with Crippen molar-refractivity contribution in [3.05, 3.63) is 103 Å². The molecule has 3 aromatic rings. The van der Waals surface area contributed by atoms with E-state index in [9.17, 15) is 4.79 Å². The molecule has 1 atom stereocenters. The highest BCUT2D eigenvalue weighted by atomic mass is 79.9. The Bertz CT molecular complexity index is 1050. The van der Waals surface area contributed by atoms with Crippen molar-refractivity contribution in [2.75, 3.05) is 0 Å². The van der Waals surface area contributed by atoms with Crippen LogP contribution in [0.2, 0.25) is 0 Å². The average molecular weight is 563 g/mol. The minimum Gasteiger partial charge on any atom is -0.267 e. The van der Waals surface area contributed by atoms with Gasteiger partial charge < -0.3 is 0 Å². The van der Waals surface area contributed by atoms with Crippen LogP contribution in [0.5, 0.6) is 0 Å². The predicted molar refractivity (Wildman–Crippen MR) is 122 cm³/mol. The van der Waals surface area contributed by atoms with Crippen LogP contribution >= 0.6 is 47.8 Å². The van der Waals surface area contributed by atoms with Gasteiger partial charge in [-0.05, 0) is 63.5 Å². The molecule has 0 aliphatic carbocycles. The first-order valence-electron chi connectivity index (χ1n) is 8.70. The molecule has 0 bridgehead atoms. The Morgan fingerprint density at radius 1 is 0.857 bits per heavy atom. The summed E-state index contributed by atoms with van der Waals surface area (Å²) in [4.78, 5) is 13.3. The van der Waals surface area contributed by atoms with Gasteiger partial charge in [0.25, 0.3) is 5.91 Å². The van der Waals surface area contributed by atoms with Gasteiger partial charge in [0.2, 0.25) is 0 Å². The molecule has 4 rings (SSSR count). The monoisotopic (exact) mass is 560 g/mol. The Morgan fingerprint density at radius 2 is 1.46 bits per heavy atom. The van der Waals surface area contributed by atoms with Gasteiger partial charge in [0.15, 0.2) is 0 Å².